The largest absolute Gasteiger partial charge is 0.393 e. The molecule has 1 atom stereocenters. The number of halogens is 3. The summed E-state index contributed by atoms with van der Waals surface area (Å²) in [5, 5.41) is 19.9. The Bertz CT molecular complexity index is 571. The summed E-state index contributed by atoms with van der Waals surface area (Å²) in [7, 11) is 0. The first-order valence-corrected chi connectivity index (χ1v) is 7.78. The molecule has 0 unspecified atom stereocenters. The molecule has 1 aromatic rings. The van der Waals surface area contributed by atoms with Crippen LogP contribution in [0.4, 0.5) is 13.2 Å². The number of rotatable bonds is 6. The summed E-state index contributed by atoms with van der Waals surface area (Å²) >= 11 is 0. The molecule has 1 aliphatic rings. The highest BCUT2D eigenvalue weighted by atomic mass is 19.4. The van der Waals surface area contributed by atoms with Gasteiger partial charge in [-0.15, -0.1) is 10.2 Å². The van der Waals surface area contributed by atoms with Crippen LogP contribution in [0.15, 0.2) is 0 Å². The zero-order chi connectivity index (χ0) is 17.1. The van der Waals surface area contributed by atoms with Crippen molar-refractivity contribution in [3.8, 4) is 6.07 Å². The van der Waals surface area contributed by atoms with E-state index in [1.165, 1.54) is 0 Å². The van der Waals surface area contributed by atoms with Crippen LogP contribution in [-0.2, 0) is 19.5 Å². The first-order valence-electron chi connectivity index (χ1n) is 7.78. The summed E-state index contributed by atoms with van der Waals surface area (Å²) in [6.45, 7) is 5.06. The Morgan fingerprint density at radius 1 is 1.35 bits per heavy atom. The summed E-state index contributed by atoms with van der Waals surface area (Å²) in [6, 6.07) is 2.13. The molecule has 0 radical (unpaired) electrons. The number of nitrogens with one attached hydrogen (secondary N) is 1. The number of nitriles is 1. The summed E-state index contributed by atoms with van der Waals surface area (Å²) in [5.74, 6) is -0.145. The average molecular weight is 329 g/mol. The maximum Gasteiger partial charge on any atom is 0.393 e. The minimum absolute atomic E-state index is 0.0466. The maximum atomic E-state index is 12.9. The fourth-order valence-corrected chi connectivity index (χ4v) is 2.78. The Hall–Kier alpha value is -1.62. The molecule has 5 nitrogen and oxygen atoms in total. The van der Waals surface area contributed by atoms with Crippen molar-refractivity contribution in [1.82, 2.24) is 20.1 Å². The van der Waals surface area contributed by atoms with Crippen molar-refractivity contribution in [3.05, 3.63) is 11.6 Å². The number of hydrogen-bond acceptors (Lipinski definition) is 4. The van der Waals surface area contributed by atoms with E-state index in [2.05, 4.69) is 35.4 Å². The molecule has 1 N–H and O–H groups in total. The number of nitrogens with zero attached hydrogens (tertiary/aromatic N) is 4. The van der Waals surface area contributed by atoms with Gasteiger partial charge < -0.3 is 9.88 Å². The van der Waals surface area contributed by atoms with Crippen LogP contribution in [-0.4, -0.2) is 27.5 Å². The van der Waals surface area contributed by atoms with Gasteiger partial charge in [0.1, 0.15) is 11.6 Å². The van der Waals surface area contributed by atoms with E-state index in [9.17, 15) is 13.2 Å². The SMILES string of the molecule is CC(C)(CCC#N)CNCc1nnc2n1C[C@H](C(F)(F)F)CC2. The zero-order valence-corrected chi connectivity index (χ0v) is 13.4. The molecule has 0 saturated carbocycles. The van der Waals surface area contributed by atoms with Crippen LogP contribution in [0.5, 0.6) is 0 Å². The molecule has 0 aliphatic carbocycles. The molecule has 0 saturated heterocycles. The Labute approximate surface area is 133 Å². The van der Waals surface area contributed by atoms with Crippen LogP contribution in [0.25, 0.3) is 0 Å². The average Bonchev–Trinajstić information content (AvgIpc) is 2.87. The molecule has 0 aromatic carbocycles. The Kier molecular flexibility index (Phi) is 5.30. The number of hydrogen-bond donors (Lipinski definition) is 1. The van der Waals surface area contributed by atoms with Crippen LogP contribution in [0.2, 0.25) is 0 Å². The van der Waals surface area contributed by atoms with Gasteiger partial charge in [-0.2, -0.15) is 18.4 Å². The van der Waals surface area contributed by atoms with Gasteiger partial charge in [-0.25, -0.2) is 0 Å². The van der Waals surface area contributed by atoms with Crippen LogP contribution in [0.3, 0.4) is 0 Å². The van der Waals surface area contributed by atoms with Gasteiger partial charge in [0.15, 0.2) is 0 Å². The Balaban J connectivity index is 1.94. The lowest BCUT2D eigenvalue weighted by Gasteiger charge is -2.27. The number of fused-ring (bicyclic) bond motifs is 1. The molecule has 23 heavy (non-hydrogen) atoms. The van der Waals surface area contributed by atoms with E-state index in [1.54, 1.807) is 4.57 Å². The lowest BCUT2D eigenvalue weighted by atomic mass is 9.88. The third kappa shape index (κ3) is 4.67. The van der Waals surface area contributed by atoms with Gasteiger partial charge in [0.2, 0.25) is 0 Å². The molecular weight excluding hydrogens is 307 g/mol. The summed E-state index contributed by atoms with van der Waals surface area (Å²) in [5.41, 5.74) is -0.0466. The van der Waals surface area contributed by atoms with E-state index in [0.29, 0.717) is 37.6 Å². The topological polar surface area (TPSA) is 66.5 Å². The van der Waals surface area contributed by atoms with E-state index >= 15 is 0 Å². The van der Waals surface area contributed by atoms with E-state index < -0.39 is 12.1 Å². The third-order valence-electron chi connectivity index (χ3n) is 4.29. The van der Waals surface area contributed by atoms with Gasteiger partial charge in [0.05, 0.1) is 18.5 Å². The van der Waals surface area contributed by atoms with Crippen molar-refractivity contribution in [2.75, 3.05) is 6.54 Å². The van der Waals surface area contributed by atoms with Gasteiger partial charge in [-0.05, 0) is 18.3 Å². The smallest absolute Gasteiger partial charge is 0.313 e. The molecule has 8 heteroatoms. The minimum Gasteiger partial charge on any atom is -0.313 e. The standard InChI is InChI=1S/C15H22F3N5/c1-14(2,6-3-7-19)10-20-8-13-22-21-12-5-4-11(9-23(12)13)15(16,17)18/h11,20H,3-6,8-10H2,1-2H3/t11-/m1/s1. The van der Waals surface area contributed by atoms with Crippen LogP contribution in [0.1, 0.15) is 44.8 Å². The highest BCUT2D eigenvalue weighted by Crippen LogP contribution is 2.34. The Morgan fingerprint density at radius 2 is 2.09 bits per heavy atom. The van der Waals surface area contributed by atoms with E-state index in [0.717, 1.165) is 6.42 Å². The molecule has 0 spiro atoms. The summed E-state index contributed by atoms with van der Waals surface area (Å²) in [6.07, 6.45) is -2.53. The maximum absolute atomic E-state index is 12.9. The molecule has 1 aliphatic heterocycles. The van der Waals surface area contributed by atoms with Crippen molar-refractivity contribution in [2.24, 2.45) is 11.3 Å². The normalized spacial score (nSPS) is 18.5. The highest BCUT2D eigenvalue weighted by molar-refractivity contribution is 5.01. The fourth-order valence-electron chi connectivity index (χ4n) is 2.78. The quantitative estimate of drug-likeness (QED) is 0.871. The molecule has 1 aromatic heterocycles. The first kappa shape index (κ1) is 17.7. The molecule has 128 valence electrons. The van der Waals surface area contributed by atoms with Crippen molar-refractivity contribution in [2.45, 2.75) is 58.8 Å². The predicted octanol–water partition coefficient (Wildman–Crippen LogP) is 2.82. The predicted molar refractivity (Wildman–Crippen MR) is 78.2 cm³/mol. The summed E-state index contributed by atoms with van der Waals surface area (Å²) in [4.78, 5) is 0. The molecule has 0 fully saturated rings. The van der Waals surface area contributed by atoms with Crippen molar-refractivity contribution < 1.29 is 13.2 Å². The van der Waals surface area contributed by atoms with Crippen molar-refractivity contribution in [1.29, 1.82) is 5.26 Å². The third-order valence-corrected chi connectivity index (χ3v) is 4.29. The van der Waals surface area contributed by atoms with Crippen LogP contribution >= 0.6 is 0 Å². The second-order valence-electron chi connectivity index (χ2n) is 6.85. The van der Waals surface area contributed by atoms with Gasteiger partial charge in [-0.1, -0.05) is 13.8 Å². The highest BCUT2D eigenvalue weighted by Gasteiger charge is 2.42. The molecule has 0 bridgehead atoms. The van der Waals surface area contributed by atoms with E-state index in [1.807, 2.05) is 0 Å². The van der Waals surface area contributed by atoms with Crippen LogP contribution in [0, 0.1) is 22.7 Å². The summed E-state index contributed by atoms with van der Waals surface area (Å²) < 4.78 is 40.3. The van der Waals surface area contributed by atoms with Crippen molar-refractivity contribution >= 4 is 0 Å². The monoisotopic (exact) mass is 329 g/mol. The molecule has 2 rings (SSSR count). The van der Waals surface area contributed by atoms with Gasteiger partial charge in [-0.3, -0.25) is 0 Å². The number of alkyl halides is 3. The Morgan fingerprint density at radius 3 is 2.74 bits per heavy atom. The molecule has 0 amide bonds. The number of aromatic nitrogens is 3. The zero-order valence-electron chi connectivity index (χ0n) is 13.4. The van der Waals surface area contributed by atoms with Gasteiger partial charge in [0, 0.05) is 25.9 Å². The lowest BCUT2D eigenvalue weighted by Crippen LogP contribution is -2.34. The van der Waals surface area contributed by atoms with E-state index in [-0.39, 0.29) is 18.4 Å². The molecule has 2 heterocycles. The fraction of sp³-hybridized carbons (Fsp3) is 0.800. The second-order valence-corrected chi connectivity index (χ2v) is 6.85. The second kappa shape index (κ2) is 6.87. The van der Waals surface area contributed by atoms with Crippen LogP contribution < -0.4 is 5.32 Å². The lowest BCUT2D eigenvalue weighted by molar-refractivity contribution is -0.182. The van der Waals surface area contributed by atoms with E-state index in [4.69, 9.17) is 5.26 Å². The van der Waals surface area contributed by atoms with Gasteiger partial charge >= 0.3 is 6.18 Å². The number of aryl methyl sites for hydroxylation is 1. The van der Waals surface area contributed by atoms with Crippen molar-refractivity contribution in [3.63, 3.8) is 0 Å². The molecular formula is C15H22F3N5. The minimum atomic E-state index is -4.17. The first-order chi connectivity index (χ1) is 10.7. The van der Waals surface area contributed by atoms with Gasteiger partial charge in [0.25, 0.3) is 0 Å².